The third-order valence-electron chi connectivity index (χ3n) is 5.00. The highest BCUT2D eigenvalue weighted by Crippen LogP contribution is 2.15. The van der Waals surface area contributed by atoms with Gasteiger partial charge in [-0.05, 0) is 31.8 Å². The molecule has 0 radical (unpaired) electrons. The normalized spacial score (nSPS) is 11.7. The van der Waals surface area contributed by atoms with Gasteiger partial charge in [0.25, 0.3) is 0 Å². The maximum Gasteiger partial charge on any atom is 0.303 e. The molecule has 158 valence electrons. The molecule has 0 unspecified atom stereocenters. The lowest BCUT2D eigenvalue weighted by atomic mass is 10.0. The number of carboxylic acid groups (broad SMARTS) is 1. The van der Waals surface area contributed by atoms with Crippen molar-refractivity contribution in [2.24, 2.45) is 0 Å². The van der Waals surface area contributed by atoms with Crippen LogP contribution in [0.2, 0.25) is 0 Å². The molecule has 27 heavy (non-hydrogen) atoms. The summed E-state index contributed by atoms with van der Waals surface area (Å²) in [6.45, 7) is 2.21. The number of nitrogens with zero attached hydrogens (tertiary/aromatic N) is 1. The van der Waals surface area contributed by atoms with Crippen molar-refractivity contribution in [1.82, 2.24) is 0 Å². The quantitative estimate of drug-likeness (QED) is 0.136. The maximum absolute atomic E-state index is 11.1. The second kappa shape index (κ2) is 19.4. The fourth-order valence-corrected chi connectivity index (χ4v) is 3.28. The van der Waals surface area contributed by atoms with Gasteiger partial charge in [-0.15, -0.1) is 0 Å². The van der Waals surface area contributed by atoms with Gasteiger partial charge in [0.1, 0.15) is 0 Å². The molecule has 0 aliphatic heterocycles. The van der Waals surface area contributed by atoms with Gasteiger partial charge in [-0.25, -0.2) is 0 Å². The van der Waals surface area contributed by atoms with Crippen molar-refractivity contribution in [2.75, 3.05) is 0 Å². The topological polar surface area (TPSA) is 80.4 Å². The van der Waals surface area contributed by atoms with Crippen molar-refractivity contribution in [2.45, 2.75) is 122 Å². The minimum Gasteiger partial charge on any atom is -0.481 e. The van der Waals surface area contributed by atoms with E-state index in [9.17, 15) is 14.9 Å². The van der Waals surface area contributed by atoms with Crippen LogP contribution in [0.5, 0.6) is 0 Å². The van der Waals surface area contributed by atoms with E-state index in [0.717, 1.165) is 57.8 Å². The first-order valence-electron chi connectivity index (χ1n) is 11.1. The highest BCUT2D eigenvalue weighted by molar-refractivity contribution is 5.66. The third kappa shape index (κ3) is 19.2. The molecule has 0 heterocycles. The summed E-state index contributed by atoms with van der Waals surface area (Å²) in [5.41, 5.74) is 0.405. The fourth-order valence-electron chi connectivity index (χ4n) is 3.28. The first-order chi connectivity index (χ1) is 13.1. The second-order valence-corrected chi connectivity index (χ2v) is 7.58. The summed E-state index contributed by atoms with van der Waals surface area (Å²) in [5.74, 6) is -0.704. The third-order valence-corrected chi connectivity index (χ3v) is 5.00. The Morgan fingerprint density at radius 3 is 1.70 bits per heavy atom. The Morgan fingerprint density at radius 1 is 0.778 bits per heavy atom. The van der Waals surface area contributed by atoms with Gasteiger partial charge >= 0.3 is 5.97 Å². The number of carboxylic acids is 1. The number of aliphatic carboxylic acids is 1. The molecule has 0 rings (SSSR count). The van der Waals surface area contributed by atoms with Gasteiger partial charge in [-0.1, -0.05) is 84.0 Å². The van der Waals surface area contributed by atoms with Crippen LogP contribution >= 0.6 is 0 Å². The van der Waals surface area contributed by atoms with Crippen LogP contribution in [0.4, 0.5) is 0 Å². The van der Waals surface area contributed by atoms with Crippen molar-refractivity contribution in [1.29, 1.82) is 0 Å². The molecule has 0 saturated heterocycles. The van der Waals surface area contributed by atoms with Crippen LogP contribution in [0.3, 0.4) is 0 Å². The number of rotatable bonds is 20. The fraction of sp³-hybridized carbons (Fsp3) is 0.864. The van der Waals surface area contributed by atoms with E-state index >= 15 is 0 Å². The average Bonchev–Trinajstić information content (AvgIpc) is 2.63. The van der Waals surface area contributed by atoms with Crippen LogP contribution < -0.4 is 0 Å². The van der Waals surface area contributed by atoms with Crippen LogP contribution in [-0.2, 0) is 4.79 Å². The van der Waals surface area contributed by atoms with Gasteiger partial charge < -0.3 is 5.11 Å². The lowest BCUT2D eigenvalue weighted by Gasteiger charge is -2.03. The summed E-state index contributed by atoms with van der Waals surface area (Å²) in [5, 5.41) is 19.7. The minimum absolute atomic E-state index is 0.200. The molecule has 1 N–H and O–H groups in total. The van der Waals surface area contributed by atoms with Gasteiger partial charge in [0, 0.05) is 12.8 Å². The van der Waals surface area contributed by atoms with Crippen molar-refractivity contribution < 1.29 is 14.8 Å². The molecule has 0 bridgehead atoms. The van der Waals surface area contributed by atoms with E-state index in [4.69, 9.17) is 5.11 Å². The van der Waals surface area contributed by atoms with Crippen molar-refractivity contribution in [3.8, 4) is 0 Å². The molecule has 0 aliphatic carbocycles. The van der Waals surface area contributed by atoms with E-state index in [0.29, 0.717) is 12.1 Å². The first kappa shape index (κ1) is 25.6. The van der Waals surface area contributed by atoms with Crippen LogP contribution in [0.25, 0.3) is 0 Å². The Bertz CT molecular complexity index is 407. The summed E-state index contributed by atoms with van der Waals surface area (Å²) in [6, 6.07) is 0. The molecule has 0 aromatic carbocycles. The predicted octanol–water partition coefficient (Wildman–Crippen LogP) is 7.27. The van der Waals surface area contributed by atoms with Crippen LogP contribution in [0.15, 0.2) is 11.8 Å². The standard InChI is InChI=1S/C22H41NO4/c1-2-3-4-5-9-12-15-18-21(23(26)27)19-16-13-10-7-6-8-11-14-17-20-22(24)25/h18H,2-17,19-20H2,1H3,(H,24,25). The van der Waals surface area contributed by atoms with Crippen LogP contribution in [0.1, 0.15) is 122 Å². The number of carbonyl (C=O) groups is 1. The summed E-state index contributed by atoms with van der Waals surface area (Å²) < 4.78 is 0. The monoisotopic (exact) mass is 383 g/mol. The summed E-state index contributed by atoms with van der Waals surface area (Å²) in [6.07, 6.45) is 20.4. The van der Waals surface area contributed by atoms with E-state index < -0.39 is 5.97 Å². The van der Waals surface area contributed by atoms with Gasteiger partial charge in [-0.3, -0.25) is 14.9 Å². The molecule has 0 aromatic heterocycles. The number of nitro groups is 1. The van der Waals surface area contributed by atoms with E-state index in [2.05, 4.69) is 6.92 Å². The van der Waals surface area contributed by atoms with Crippen LogP contribution in [0, 0.1) is 10.1 Å². The van der Waals surface area contributed by atoms with Gasteiger partial charge in [-0.2, -0.15) is 0 Å². The SMILES string of the molecule is CCCCCCCCC=C(CCCCCCCCCCCC(=O)O)[N+](=O)[O-]. The smallest absolute Gasteiger partial charge is 0.303 e. The van der Waals surface area contributed by atoms with Crippen molar-refractivity contribution in [3.63, 3.8) is 0 Å². The van der Waals surface area contributed by atoms with Crippen LogP contribution in [-0.4, -0.2) is 16.0 Å². The van der Waals surface area contributed by atoms with E-state index in [-0.39, 0.29) is 11.3 Å². The molecule has 0 saturated carbocycles. The van der Waals surface area contributed by atoms with Gasteiger partial charge in [0.05, 0.1) is 4.92 Å². The van der Waals surface area contributed by atoms with Crippen molar-refractivity contribution in [3.05, 3.63) is 21.9 Å². The average molecular weight is 384 g/mol. The molecule has 0 atom stereocenters. The molecule has 5 heteroatoms. The van der Waals surface area contributed by atoms with E-state index in [1.807, 2.05) is 6.08 Å². The molecule has 0 aromatic rings. The molecular weight excluding hydrogens is 342 g/mol. The Morgan fingerprint density at radius 2 is 1.22 bits per heavy atom. The molecule has 0 fully saturated rings. The first-order valence-corrected chi connectivity index (χ1v) is 11.1. The Hall–Kier alpha value is -1.39. The van der Waals surface area contributed by atoms with Gasteiger partial charge in [0.2, 0.25) is 5.70 Å². The van der Waals surface area contributed by atoms with Gasteiger partial charge in [0.15, 0.2) is 0 Å². The lowest BCUT2D eigenvalue weighted by Crippen LogP contribution is -1.99. The Kier molecular flexibility index (Phi) is 18.4. The largest absolute Gasteiger partial charge is 0.481 e. The van der Waals surface area contributed by atoms with E-state index in [1.54, 1.807) is 0 Å². The Balaban J connectivity index is 3.57. The molecule has 5 nitrogen and oxygen atoms in total. The molecule has 0 spiro atoms. The summed E-state index contributed by atoms with van der Waals surface area (Å²) >= 11 is 0. The highest BCUT2D eigenvalue weighted by Gasteiger charge is 2.09. The van der Waals surface area contributed by atoms with E-state index in [1.165, 1.54) is 44.9 Å². The molecule has 0 aliphatic rings. The zero-order valence-corrected chi connectivity index (χ0v) is 17.4. The number of hydrogen-bond acceptors (Lipinski definition) is 3. The second-order valence-electron chi connectivity index (χ2n) is 7.58. The number of allylic oxidation sites excluding steroid dienone is 2. The lowest BCUT2D eigenvalue weighted by molar-refractivity contribution is -0.428. The maximum atomic E-state index is 11.1. The number of hydrogen-bond donors (Lipinski definition) is 1. The summed E-state index contributed by atoms with van der Waals surface area (Å²) in [4.78, 5) is 21.3. The highest BCUT2D eigenvalue weighted by atomic mass is 16.6. The number of unbranched alkanes of at least 4 members (excludes halogenated alkanes) is 14. The summed E-state index contributed by atoms with van der Waals surface area (Å²) in [7, 11) is 0. The zero-order chi connectivity index (χ0) is 20.2. The molecular formula is C22H41NO4. The predicted molar refractivity (Wildman–Crippen MR) is 111 cm³/mol. The molecule has 0 amide bonds. The van der Waals surface area contributed by atoms with Crippen molar-refractivity contribution >= 4 is 5.97 Å². The minimum atomic E-state index is -0.704. The Labute approximate surface area is 165 Å². The zero-order valence-electron chi connectivity index (χ0n) is 17.4.